The van der Waals surface area contributed by atoms with Gasteiger partial charge in [0.15, 0.2) is 0 Å². The summed E-state index contributed by atoms with van der Waals surface area (Å²) in [5.41, 5.74) is 1.72. The maximum absolute atomic E-state index is 3.97. The summed E-state index contributed by atoms with van der Waals surface area (Å²) >= 11 is 0. The van der Waals surface area contributed by atoms with Crippen molar-refractivity contribution in [2.24, 2.45) is 11.3 Å². The van der Waals surface area contributed by atoms with E-state index in [0.29, 0.717) is 11.3 Å². The minimum absolute atomic E-state index is 0.422. The van der Waals surface area contributed by atoms with Crippen LogP contribution in [0, 0.1) is 11.3 Å². The van der Waals surface area contributed by atoms with Crippen LogP contribution in [0.2, 0.25) is 0 Å². The lowest BCUT2D eigenvalue weighted by molar-refractivity contribution is 0.255. The number of hydrogen-bond acceptors (Lipinski definition) is 0. The maximum Gasteiger partial charge on any atom is -0.0186 e. The van der Waals surface area contributed by atoms with E-state index >= 15 is 0 Å². The standard InChI is InChI=1S/C10H20.C3H8/c1-7-10(5,6)9(4)8(2)3;1-3-2/h9H,2,7H2,1,3-6H3;3H2,1-2H3. The molecule has 13 heavy (non-hydrogen) atoms. The second-order valence-electron chi connectivity index (χ2n) is 4.62. The summed E-state index contributed by atoms with van der Waals surface area (Å²) in [6, 6.07) is 0. The van der Waals surface area contributed by atoms with Gasteiger partial charge in [-0.25, -0.2) is 0 Å². The van der Waals surface area contributed by atoms with Gasteiger partial charge < -0.3 is 0 Å². The third-order valence-electron chi connectivity index (χ3n) is 2.82. The molecule has 1 unspecified atom stereocenters. The lowest BCUT2D eigenvalue weighted by atomic mass is 9.75. The topological polar surface area (TPSA) is 0 Å². The molecule has 0 amide bonds. The molecule has 0 saturated heterocycles. The third kappa shape index (κ3) is 6.86. The Morgan fingerprint density at radius 3 is 1.62 bits per heavy atom. The summed E-state index contributed by atoms with van der Waals surface area (Å²) in [4.78, 5) is 0. The molecule has 0 fully saturated rings. The van der Waals surface area contributed by atoms with Crippen molar-refractivity contribution in [3.8, 4) is 0 Å². The molecular weight excluding hydrogens is 156 g/mol. The summed E-state index contributed by atoms with van der Waals surface area (Å²) in [5, 5.41) is 0. The van der Waals surface area contributed by atoms with Gasteiger partial charge in [0.25, 0.3) is 0 Å². The zero-order valence-electron chi connectivity index (χ0n) is 10.7. The zero-order chi connectivity index (χ0) is 11.1. The average molecular weight is 184 g/mol. The van der Waals surface area contributed by atoms with E-state index in [2.05, 4.69) is 55.0 Å². The van der Waals surface area contributed by atoms with Crippen molar-refractivity contribution >= 4 is 0 Å². The van der Waals surface area contributed by atoms with Crippen LogP contribution in [0.15, 0.2) is 12.2 Å². The predicted octanol–water partition coefficient (Wildman–Crippen LogP) is 5.05. The normalized spacial score (nSPS) is 12.8. The van der Waals surface area contributed by atoms with E-state index in [-0.39, 0.29) is 0 Å². The van der Waals surface area contributed by atoms with E-state index in [4.69, 9.17) is 0 Å². The summed E-state index contributed by atoms with van der Waals surface area (Å²) < 4.78 is 0. The van der Waals surface area contributed by atoms with Crippen molar-refractivity contribution in [2.75, 3.05) is 0 Å². The quantitative estimate of drug-likeness (QED) is 0.538. The van der Waals surface area contributed by atoms with Gasteiger partial charge in [-0.3, -0.25) is 0 Å². The van der Waals surface area contributed by atoms with Crippen molar-refractivity contribution in [1.82, 2.24) is 0 Å². The van der Waals surface area contributed by atoms with E-state index in [1.807, 2.05) is 0 Å². The van der Waals surface area contributed by atoms with Crippen LogP contribution in [0.25, 0.3) is 0 Å². The van der Waals surface area contributed by atoms with Crippen molar-refractivity contribution in [1.29, 1.82) is 0 Å². The molecule has 0 aliphatic heterocycles. The smallest absolute Gasteiger partial charge is 0.0186 e. The zero-order valence-corrected chi connectivity index (χ0v) is 10.7. The average Bonchev–Trinajstić information content (AvgIpc) is 2.04. The first-order valence-electron chi connectivity index (χ1n) is 5.48. The molecule has 0 N–H and O–H groups in total. The largest absolute Gasteiger partial charge is 0.0999 e. The Morgan fingerprint density at radius 2 is 1.54 bits per heavy atom. The maximum atomic E-state index is 3.97. The van der Waals surface area contributed by atoms with E-state index in [9.17, 15) is 0 Å². The Kier molecular flexibility index (Phi) is 8.40. The molecule has 0 aromatic heterocycles. The van der Waals surface area contributed by atoms with Crippen molar-refractivity contribution in [3.63, 3.8) is 0 Å². The van der Waals surface area contributed by atoms with Gasteiger partial charge in [0.1, 0.15) is 0 Å². The van der Waals surface area contributed by atoms with Gasteiger partial charge in [-0.05, 0) is 18.3 Å². The van der Waals surface area contributed by atoms with Crippen LogP contribution in [-0.4, -0.2) is 0 Å². The molecule has 0 heteroatoms. The summed E-state index contributed by atoms with van der Waals surface area (Å²) in [5.74, 6) is 0.637. The second-order valence-corrected chi connectivity index (χ2v) is 4.62. The van der Waals surface area contributed by atoms with E-state index in [1.165, 1.54) is 18.4 Å². The SMILES string of the molecule is C=C(C)C(C)C(C)(C)CC.CCC. The van der Waals surface area contributed by atoms with Crippen LogP contribution in [0.3, 0.4) is 0 Å². The van der Waals surface area contributed by atoms with Gasteiger partial charge in [-0.2, -0.15) is 0 Å². The highest BCUT2D eigenvalue weighted by molar-refractivity contribution is 4.99. The van der Waals surface area contributed by atoms with Gasteiger partial charge in [0.2, 0.25) is 0 Å². The molecule has 0 aliphatic rings. The Bertz CT molecular complexity index is 131. The highest BCUT2D eigenvalue weighted by atomic mass is 14.3. The molecule has 0 aromatic rings. The third-order valence-corrected chi connectivity index (χ3v) is 2.82. The molecule has 0 aromatic carbocycles. The molecule has 1 atom stereocenters. The van der Waals surface area contributed by atoms with Crippen molar-refractivity contribution < 1.29 is 0 Å². The molecule has 0 spiro atoms. The van der Waals surface area contributed by atoms with Crippen molar-refractivity contribution in [2.45, 2.75) is 61.3 Å². The summed E-state index contributed by atoms with van der Waals surface area (Å²) in [7, 11) is 0. The van der Waals surface area contributed by atoms with E-state index in [1.54, 1.807) is 0 Å². The van der Waals surface area contributed by atoms with Gasteiger partial charge in [-0.15, -0.1) is 0 Å². The highest BCUT2D eigenvalue weighted by Crippen LogP contribution is 2.33. The van der Waals surface area contributed by atoms with E-state index < -0.39 is 0 Å². The molecule has 0 heterocycles. The van der Waals surface area contributed by atoms with Gasteiger partial charge in [0, 0.05) is 0 Å². The Morgan fingerprint density at radius 1 is 1.23 bits per heavy atom. The highest BCUT2D eigenvalue weighted by Gasteiger charge is 2.23. The fraction of sp³-hybridized carbons (Fsp3) is 0.846. The van der Waals surface area contributed by atoms with Crippen LogP contribution < -0.4 is 0 Å². The first-order chi connectivity index (χ1) is 5.83. The Hall–Kier alpha value is -0.260. The lowest BCUT2D eigenvalue weighted by Crippen LogP contribution is -2.20. The van der Waals surface area contributed by atoms with E-state index in [0.717, 1.165) is 0 Å². The molecule has 0 aliphatic carbocycles. The lowest BCUT2D eigenvalue weighted by Gasteiger charge is -2.30. The fourth-order valence-corrected chi connectivity index (χ4v) is 0.973. The number of hydrogen-bond donors (Lipinski definition) is 0. The summed E-state index contributed by atoms with van der Waals surface area (Å²) in [6.45, 7) is 19.4. The minimum Gasteiger partial charge on any atom is -0.0999 e. The molecule has 80 valence electrons. The van der Waals surface area contributed by atoms with Gasteiger partial charge in [0.05, 0.1) is 0 Å². The van der Waals surface area contributed by atoms with Crippen LogP contribution in [0.4, 0.5) is 0 Å². The van der Waals surface area contributed by atoms with Crippen LogP contribution in [0.5, 0.6) is 0 Å². The second kappa shape index (κ2) is 7.17. The van der Waals surface area contributed by atoms with Crippen molar-refractivity contribution in [3.05, 3.63) is 12.2 Å². The Labute approximate surface area is 85.4 Å². The van der Waals surface area contributed by atoms with Crippen LogP contribution >= 0.6 is 0 Å². The minimum atomic E-state index is 0.422. The van der Waals surface area contributed by atoms with Gasteiger partial charge in [-0.1, -0.05) is 66.5 Å². The summed E-state index contributed by atoms with van der Waals surface area (Å²) in [6.07, 6.45) is 2.47. The molecule has 0 saturated carbocycles. The van der Waals surface area contributed by atoms with Crippen LogP contribution in [0.1, 0.15) is 61.3 Å². The molecule has 0 nitrogen and oxygen atoms in total. The predicted molar refractivity (Wildman–Crippen MR) is 64.0 cm³/mol. The van der Waals surface area contributed by atoms with Gasteiger partial charge >= 0.3 is 0 Å². The number of rotatable bonds is 3. The molecule has 0 bridgehead atoms. The number of allylic oxidation sites excluding steroid dienone is 1. The molecular formula is C13H28. The van der Waals surface area contributed by atoms with Crippen LogP contribution in [-0.2, 0) is 0 Å². The first-order valence-corrected chi connectivity index (χ1v) is 5.48. The monoisotopic (exact) mass is 184 g/mol. The molecule has 0 radical (unpaired) electrons. The Balaban J connectivity index is 0. The fourth-order valence-electron chi connectivity index (χ4n) is 0.973. The first kappa shape index (κ1) is 15.2. The molecule has 0 rings (SSSR count).